The molecule has 0 aliphatic heterocycles. The van der Waals surface area contributed by atoms with Crippen molar-refractivity contribution < 1.29 is 9.47 Å². The van der Waals surface area contributed by atoms with E-state index in [2.05, 4.69) is 29.7 Å². The van der Waals surface area contributed by atoms with Crippen molar-refractivity contribution >= 4 is 33.1 Å². The smallest absolute Gasteiger partial charge is 0.163 e. The van der Waals surface area contributed by atoms with Gasteiger partial charge in [0.2, 0.25) is 0 Å². The fraction of sp³-hybridized carbons (Fsp3) is 0.333. The van der Waals surface area contributed by atoms with Crippen LogP contribution in [0, 0.1) is 0 Å². The average Bonchev–Trinajstić information content (AvgIpc) is 2.95. The second-order valence-corrected chi connectivity index (χ2v) is 6.22. The Morgan fingerprint density at radius 1 is 0.885 bits per heavy atom. The molecule has 0 bridgehead atoms. The van der Waals surface area contributed by atoms with Crippen LogP contribution in [0.25, 0.3) is 33.1 Å². The van der Waals surface area contributed by atoms with Crippen LogP contribution in [-0.4, -0.2) is 27.7 Å². The van der Waals surface area contributed by atoms with E-state index in [4.69, 9.17) is 19.4 Å². The zero-order valence-corrected chi connectivity index (χ0v) is 15.5. The lowest BCUT2D eigenvalue weighted by Crippen LogP contribution is -2.01. The normalized spacial score (nSPS) is 11.5. The van der Waals surface area contributed by atoms with Crippen LogP contribution in [0.5, 0.6) is 11.5 Å². The summed E-state index contributed by atoms with van der Waals surface area (Å²) in [5, 5.41) is 1.14. The van der Waals surface area contributed by atoms with Crippen LogP contribution < -0.4 is 9.47 Å². The minimum absolute atomic E-state index is 0.580. The maximum atomic E-state index is 5.75. The number of nitrogens with zero attached hydrogens (tertiary/aromatic N) is 3. The van der Waals surface area contributed by atoms with E-state index in [1.807, 2.05) is 32.0 Å². The second kappa shape index (κ2) is 6.83. The lowest BCUT2D eigenvalue weighted by Gasteiger charge is -2.12. The molecular formula is C21H23N3O2. The summed E-state index contributed by atoms with van der Waals surface area (Å²) in [6, 6.07) is 12.2. The molecule has 0 atom stereocenters. The third-order valence-corrected chi connectivity index (χ3v) is 4.46. The molecule has 0 amide bonds. The highest BCUT2D eigenvalue weighted by molar-refractivity contribution is 6.06. The van der Waals surface area contributed by atoms with E-state index in [0.29, 0.717) is 24.7 Å². The van der Waals surface area contributed by atoms with Gasteiger partial charge in [0.15, 0.2) is 17.1 Å². The summed E-state index contributed by atoms with van der Waals surface area (Å²) in [4.78, 5) is 9.88. The zero-order valence-electron chi connectivity index (χ0n) is 15.5. The molecule has 0 N–H and O–H groups in total. The van der Waals surface area contributed by atoms with Crippen molar-refractivity contribution in [3.05, 3.63) is 36.4 Å². The Kier molecular flexibility index (Phi) is 4.37. The Balaban J connectivity index is 2.04. The van der Waals surface area contributed by atoms with Crippen LogP contribution in [-0.2, 0) is 6.54 Å². The SMILES string of the molecule is CCCn1c2ccccc2c2nc3cc(OCC)c(OCC)cc3nc21. The standard InChI is InChI=1S/C21H23N3O2/c1-4-11-24-17-10-8-7-9-14(17)20-21(24)23-16-13-19(26-6-3)18(25-5-2)12-15(16)22-20/h7-10,12-13H,4-6,11H2,1-3H3. The van der Waals surface area contributed by atoms with Gasteiger partial charge in [-0.15, -0.1) is 0 Å². The molecule has 0 spiro atoms. The van der Waals surface area contributed by atoms with E-state index in [0.717, 1.165) is 40.5 Å². The van der Waals surface area contributed by atoms with Gasteiger partial charge in [-0.3, -0.25) is 0 Å². The Bertz CT molecular complexity index is 1090. The van der Waals surface area contributed by atoms with Crippen LogP contribution >= 0.6 is 0 Å². The first-order valence-electron chi connectivity index (χ1n) is 9.25. The number of rotatable bonds is 6. The number of benzene rings is 2. The summed E-state index contributed by atoms with van der Waals surface area (Å²) < 4.78 is 13.7. The zero-order chi connectivity index (χ0) is 18.1. The molecule has 0 aliphatic rings. The summed E-state index contributed by atoms with van der Waals surface area (Å²) in [5.74, 6) is 1.43. The van der Waals surface area contributed by atoms with Crippen molar-refractivity contribution in [2.24, 2.45) is 0 Å². The molecule has 0 radical (unpaired) electrons. The van der Waals surface area contributed by atoms with Crippen molar-refractivity contribution in [2.75, 3.05) is 13.2 Å². The van der Waals surface area contributed by atoms with E-state index in [1.54, 1.807) is 0 Å². The van der Waals surface area contributed by atoms with Gasteiger partial charge >= 0.3 is 0 Å². The Morgan fingerprint density at radius 3 is 2.19 bits per heavy atom. The van der Waals surface area contributed by atoms with Crippen LogP contribution in [0.2, 0.25) is 0 Å². The number of aromatic nitrogens is 3. The maximum absolute atomic E-state index is 5.75. The number of ether oxygens (including phenoxy) is 2. The molecule has 2 heterocycles. The van der Waals surface area contributed by atoms with Gasteiger partial charge in [-0.25, -0.2) is 9.97 Å². The lowest BCUT2D eigenvalue weighted by molar-refractivity contribution is 0.288. The second-order valence-electron chi connectivity index (χ2n) is 6.22. The first-order chi connectivity index (χ1) is 12.8. The summed E-state index contributed by atoms with van der Waals surface area (Å²) in [7, 11) is 0. The topological polar surface area (TPSA) is 49.2 Å². The van der Waals surface area contributed by atoms with Gasteiger partial charge in [-0.2, -0.15) is 0 Å². The minimum atomic E-state index is 0.580. The van der Waals surface area contributed by atoms with E-state index >= 15 is 0 Å². The van der Waals surface area contributed by atoms with Gasteiger partial charge in [0.05, 0.1) is 29.8 Å². The molecule has 4 aromatic rings. The van der Waals surface area contributed by atoms with Gasteiger partial charge < -0.3 is 14.0 Å². The monoisotopic (exact) mass is 349 g/mol. The summed E-state index contributed by atoms with van der Waals surface area (Å²) in [6.45, 7) is 8.19. The minimum Gasteiger partial charge on any atom is -0.490 e. The predicted octanol–water partition coefficient (Wildman–Crippen LogP) is 4.95. The van der Waals surface area contributed by atoms with Crippen LogP contribution in [0.4, 0.5) is 0 Å². The molecule has 2 aromatic carbocycles. The van der Waals surface area contributed by atoms with Crippen molar-refractivity contribution in [1.82, 2.24) is 14.5 Å². The molecule has 5 heteroatoms. The molecular weight excluding hydrogens is 326 g/mol. The van der Waals surface area contributed by atoms with E-state index in [1.165, 1.54) is 5.52 Å². The molecule has 134 valence electrons. The fourth-order valence-corrected chi connectivity index (χ4v) is 3.43. The summed E-state index contributed by atoms with van der Waals surface area (Å²) >= 11 is 0. The highest BCUT2D eigenvalue weighted by atomic mass is 16.5. The van der Waals surface area contributed by atoms with Gasteiger partial charge in [0.1, 0.15) is 5.52 Å². The molecule has 0 saturated heterocycles. The molecule has 0 saturated carbocycles. The largest absolute Gasteiger partial charge is 0.490 e. The van der Waals surface area contributed by atoms with Crippen LogP contribution in [0.1, 0.15) is 27.2 Å². The van der Waals surface area contributed by atoms with E-state index in [-0.39, 0.29) is 0 Å². The maximum Gasteiger partial charge on any atom is 0.163 e. The number of hydrogen-bond donors (Lipinski definition) is 0. The average molecular weight is 349 g/mol. The van der Waals surface area contributed by atoms with Gasteiger partial charge in [-0.1, -0.05) is 25.1 Å². The molecule has 0 unspecified atom stereocenters. The van der Waals surface area contributed by atoms with Gasteiger partial charge in [-0.05, 0) is 26.3 Å². The Labute approximate surface area is 152 Å². The van der Waals surface area contributed by atoms with E-state index in [9.17, 15) is 0 Å². The lowest BCUT2D eigenvalue weighted by atomic mass is 10.2. The Hall–Kier alpha value is -2.82. The number of hydrogen-bond acceptors (Lipinski definition) is 4. The molecule has 5 nitrogen and oxygen atoms in total. The summed E-state index contributed by atoms with van der Waals surface area (Å²) in [5.41, 5.74) is 4.68. The fourth-order valence-electron chi connectivity index (χ4n) is 3.43. The molecule has 0 fully saturated rings. The van der Waals surface area contributed by atoms with Gasteiger partial charge in [0, 0.05) is 24.1 Å². The number of fused-ring (bicyclic) bond motifs is 4. The van der Waals surface area contributed by atoms with Crippen molar-refractivity contribution in [1.29, 1.82) is 0 Å². The predicted molar refractivity (Wildman–Crippen MR) is 105 cm³/mol. The van der Waals surface area contributed by atoms with Gasteiger partial charge in [0.25, 0.3) is 0 Å². The molecule has 2 aromatic heterocycles. The van der Waals surface area contributed by atoms with E-state index < -0.39 is 0 Å². The number of para-hydroxylation sites is 1. The molecule has 26 heavy (non-hydrogen) atoms. The summed E-state index contributed by atoms with van der Waals surface area (Å²) in [6.07, 6.45) is 1.04. The van der Waals surface area contributed by atoms with Crippen molar-refractivity contribution in [2.45, 2.75) is 33.7 Å². The molecule has 0 aliphatic carbocycles. The quantitative estimate of drug-likeness (QED) is 0.494. The Morgan fingerprint density at radius 2 is 1.54 bits per heavy atom. The number of aryl methyl sites for hydroxylation is 1. The highest BCUT2D eigenvalue weighted by Gasteiger charge is 2.16. The first-order valence-corrected chi connectivity index (χ1v) is 9.25. The highest BCUT2D eigenvalue weighted by Crippen LogP contribution is 2.34. The third-order valence-electron chi connectivity index (χ3n) is 4.46. The third kappa shape index (κ3) is 2.64. The van der Waals surface area contributed by atoms with Crippen molar-refractivity contribution in [3.63, 3.8) is 0 Å². The van der Waals surface area contributed by atoms with Crippen molar-refractivity contribution in [3.8, 4) is 11.5 Å². The van der Waals surface area contributed by atoms with Crippen LogP contribution in [0.15, 0.2) is 36.4 Å². The van der Waals surface area contributed by atoms with Crippen LogP contribution in [0.3, 0.4) is 0 Å². The molecule has 4 rings (SSSR count). The first kappa shape index (κ1) is 16.6.